The fraction of sp³-hybridized carbons (Fsp3) is 0.419. The molecule has 0 unspecified atom stereocenters. The van der Waals surface area contributed by atoms with E-state index in [2.05, 4.69) is 67.5 Å². The van der Waals surface area contributed by atoms with E-state index in [4.69, 9.17) is 11.6 Å². The van der Waals surface area contributed by atoms with Crippen LogP contribution in [0.25, 0.3) is 11.3 Å². The highest BCUT2D eigenvalue weighted by atomic mass is 35.5. The summed E-state index contributed by atoms with van der Waals surface area (Å²) in [4.78, 5) is 15.9. The van der Waals surface area contributed by atoms with E-state index in [-0.39, 0.29) is 5.69 Å². The first-order valence-electron chi connectivity index (χ1n) is 14.2. The van der Waals surface area contributed by atoms with Crippen molar-refractivity contribution in [3.05, 3.63) is 83.2 Å². The number of nitrogens with one attached hydrogen (secondary N) is 1. The molecule has 2 aliphatic rings. The maximum atomic E-state index is 14.9. The molecule has 6 rings (SSSR count). The van der Waals surface area contributed by atoms with E-state index >= 15 is 0 Å². The Labute approximate surface area is 239 Å². The van der Waals surface area contributed by atoms with Crippen LogP contribution in [0.5, 0.6) is 0 Å². The molecule has 0 spiro atoms. The maximum absolute atomic E-state index is 14.9. The van der Waals surface area contributed by atoms with Gasteiger partial charge in [-0.05, 0) is 73.4 Å². The normalized spacial score (nSPS) is 18.3. The molecule has 1 fully saturated rings. The Hall–Kier alpha value is -3.36. The molecule has 1 atom stereocenters. The molecule has 1 aromatic carbocycles. The van der Waals surface area contributed by atoms with Gasteiger partial charge in [0.2, 0.25) is 5.95 Å². The van der Waals surface area contributed by atoms with Crippen molar-refractivity contribution in [2.24, 2.45) is 0 Å². The largest absolute Gasteiger partial charge is 0.309 e. The first-order valence-corrected chi connectivity index (χ1v) is 14.8. The molecule has 3 aromatic heterocycles. The Morgan fingerprint density at radius 1 is 0.925 bits per heavy atom. The van der Waals surface area contributed by atoms with Gasteiger partial charge in [-0.25, -0.2) is 19.3 Å². The van der Waals surface area contributed by atoms with Crippen molar-refractivity contribution in [3.8, 4) is 11.3 Å². The number of benzene rings is 1. The number of pyridine rings is 1. The van der Waals surface area contributed by atoms with Crippen molar-refractivity contribution in [3.63, 3.8) is 0 Å². The molecular weight excluding hydrogens is 525 g/mol. The molecule has 9 heteroatoms. The number of aryl methyl sites for hydroxylation is 1. The van der Waals surface area contributed by atoms with Gasteiger partial charge in [0.25, 0.3) is 0 Å². The summed E-state index contributed by atoms with van der Waals surface area (Å²) in [6.07, 6.45) is 10.4. The van der Waals surface area contributed by atoms with Crippen molar-refractivity contribution in [1.82, 2.24) is 29.6 Å². The Morgan fingerprint density at radius 2 is 1.73 bits per heavy atom. The molecule has 1 saturated heterocycles. The number of hydrogen-bond donors (Lipinski definition) is 1. The minimum absolute atomic E-state index is 0.283. The highest BCUT2D eigenvalue weighted by Crippen LogP contribution is 2.35. The van der Waals surface area contributed by atoms with Crippen LogP contribution in [0.2, 0.25) is 0 Å². The van der Waals surface area contributed by atoms with Gasteiger partial charge in [0.05, 0.1) is 18.1 Å². The summed E-state index contributed by atoms with van der Waals surface area (Å²) in [5.74, 6) is 1.86. The number of alkyl halides is 1. The first-order chi connectivity index (χ1) is 19.6. The zero-order chi connectivity index (χ0) is 27.5. The van der Waals surface area contributed by atoms with Gasteiger partial charge >= 0.3 is 0 Å². The summed E-state index contributed by atoms with van der Waals surface area (Å²) in [6.45, 7) is 6.13. The lowest BCUT2D eigenvalue weighted by atomic mass is 9.90. The number of hydrogen-bond acceptors (Lipinski definition) is 6. The van der Waals surface area contributed by atoms with Crippen LogP contribution in [0.3, 0.4) is 0 Å². The van der Waals surface area contributed by atoms with Gasteiger partial charge in [-0.3, -0.25) is 9.58 Å². The second-order valence-electron chi connectivity index (χ2n) is 11.1. The smallest absolute Gasteiger partial charge is 0.229 e. The van der Waals surface area contributed by atoms with Gasteiger partial charge in [0.15, 0.2) is 5.82 Å². The van der Waals surface area contributed by atoms with E-state index in [0.29, 0.717) is 29.5 Å². The van der Waals surface area contributed by atoms with E-state index in [1.54, 1.807) is 6.20 Å². The molecule has 0 bridgehead atoms. The lowest BCUT2D eigenvalue weighted by molar-refractivity contribution is 0.204. The standard InChI is InChI=1S/C31H35ClFN7/c1-21-4-2-3-13-40-30(21)26(18-36-40)29-27(33)19-35-31(38-29)37-28-10-9-25(17-34-28)24-11-14-39(15-12-24)20-23-7-5-22(16-32)6-8-23/h5-10,17-19,21,24H,2-4,11-16,20H2,1H3,(H,34,35,37,38)/t21-/m1/s1. The van der Waals surface area contributed by atoms with E-state index in [1.165, 1.54) is 17.3 Å². The van der Waals surface area contributed by atoms with Crippen molar-refractivity contribution < 1.29 is 4.39 Å². The van der Waals surface area contributed by atoms with Crippen LogP contribution in [0.4, 0.5) is 16.2 Å². The molecule has 0 amide bonds. The topological polar surface area (TPSA) is 71.8 Å². The van der Waals surface area contributed by atoms with Crippen molar-refractivity contribution in [2.45, 2.75) is 69.8 Å². The van der Waals surface area contributed by atoms with Gasteiger partial charge in [-0.2, -0.15) is 5.10 Å². The minimum Gasteiger partial charge on any atom is -0.309 e. The summed E-state index contributed by atoms with van der Waals surface area (Å²) in [5, 5.41) is 7.70. The van der Waals surface area contributed by atoms with E-state index in [0.717, 1.165) is 75.1 Å². The monoisotopic (exact) mass is 559 g/mol. The number of piperidine rings is 1. The quantitative estimate of drug-likeness (QED) is 0.245. The van der Waals surface area contributed by atoms with Crippen LogP contribution in [-0.2, 0) is 19.0 Å². The number of nitrogens with zero attached hydrogens (tertiary/aromatic N) is 6. The van der Waals surface area contributed by atoms with Crippen molar-refractivity contribution >= 4 is 23.4 Å². The van der Waals surface area contributed by atoms with Crippen LogP contribution >= 0.6 is 11.6 Å². The molecule has 2 aliphatic heterocycles. The van der Waals surface area contributed by atoms with E-state index < -0.39 is 5.82 Å². The Balaban J connectivity index is 1.09. The molecular formula is C31H35ClFN7. The molecule has 0 aliphatic carbocycles. The third-order valence-corrected chi connectivity index (χ3v) is 8.58. The zero-order valence-electron chi connectivity index (χ0n) is 22.9. The highest BCUT2D eigenvalue weighted by Gasteiger charge is 2.24. The summed E-state index contributed by atoms with van der Waals surface area (Å²) in [6, 6.07) is 12.7. The van der Waals surface area contributed by atoms with Gasteiger partial charge in [-0.15, -0.1) is 11.6 Å². The lowest BCUT2D eigenvalue weighted by Crippen LogP contribution is -2.32. The van der Waals surface area contributed by atoms with Gasteiger partial charge < -0.3 is 5.32 Å². The van der Waals surface area contributed by atoms with Gasteiger partial charge in [0.1, 0.15) is 11.5 Å². The fourth-order valence-electron chi connectivity index (χ4n) is 5.99. The Morgan fingerprint density at radius 3 is 2.48 bits per heavy atom. The minimum atomic E-state index is -0.445. The second-order valence-corrected chi connectivity index (χ2v) is 11.3. The predicted molar refractivity (Wildman–Crippen MR) is 156 cm³/mol. The Bertz CT molecular complexity index is 1430. The van der Waals surface area contributed by atoms with Crippen LogP contribution in [0.1, 0.15) is 73.2 Å². The van der Waals surface area contributed by atoms with Gasteiger partial charge in [0, 0.05) is 30.7 Å². The number of anilines is 2. The summed E-state index contributed by atoms with van der Waals surface area (Å²) < 4.78 is 16.9. The molecule has 7 nitrogen and oxygen atoms in total. The number of rotatable bonds is 7. The van der Waals surface area contributed by atoms with Crippen molar-refractivity contribution in [2.75, 3.05) is 18.4 Å². The van der Waals surface area contributed by atoms with Crippen LogP contribution in [0, 0.1) is 5.82 Å². The zero-order valence-corrected chi connectivity index (χ0v) is 23.6. The fourth-order valence-corrected chi connectivity index (χ4v) is 6.17. The molecule has 5 heterocycles. The molecule has 208 valence electrons. The van der Waals surface area contributed by atoms with E-state index in [9.17, 15) is 4.39 Å². The average molecular weight is 560 g/mol. The molecule has 40 heavy (non-hydrogen) atoms. The Kier molecular flexibility index (Phi) is 8.07. The lowest BCUT2D eigenvalue weighted by Gasteiger charge is -2.32. The van der Waals surface area contributed by atoms with E-state index in [1.807, 2.05) is 16.9 Å². The SMILES string of the molecule is C[C@@H]1CCCCn2ncc(-c3nc(Nc4ccc(C5CCN(Cc6ccc(CCl)cc6)CC5)cn4)ncc3F)c21. The number of aromatic nitrogens is 5. The maximum Gasteiger partial charge on any atom is 0.229 e. The predicted octanol–water partition coefficient (Wildman–Crippen LogP) is 7.02. The molecule has 0 saturated carbocycles. The van der Waals surface area contributed by atoms with Crippen LogP contribution < -0.4 is 5.32 Å². The highest BCUT2D eigenvalue weighted by molar-refractivity contribution is 6.17. The average Bonchev–Trinajstić information content (AvgIpc) is 3.32. The third kappa shape index (κ3) is 5.88. The second kappa shape index (κ2) is 12.0. The summed E-state index contributed by atoms with van der Waals surface area (Å²) >= 11 is 5.91. The molecule has 1 N–H and O–H groups in total. The molecule has 0 radical (unpaired) electrons. The van der Waals surface area contributed by atoms with Gasteiger partial charge in [-0.1, -0.05) is 43.7 Å². The summed E-state index contributed by atoms with van der Waals surface area (Å²) in [5.41, 5.74) is 5.81. The number of halogens is 2. The van der Waals surface area contributed by atoms with Crippen molar-refractivity contribution in [1.29, 1.82) is 0 Å². The van der Waals surface area contributed by atoms with Crippen LogP contribution in [0.15, 0.2) is 55.0 Å². The third-order valence-electron chi connectivity index (χ3n) is 8.27. The first kappa shape index (κ1) is 26.8. The number of fused-ring (bicyclic) bond motifs is 1. The van der Waals surface area contributed by atoms with Crippen LogP contribution in [-0.4, -0.2) is 42.7 Å². The summed E-state index contributed by atoms with van der Waals surface area (Å²) in [7, 11) is 0. The molecule has 4 aromatic rings. The number of likely N-dealkylation sites (tertiary alicyclic amines) is 1.